The topological polar surface area (TPSA) is 94.0 Å². The highest BCUT2D eigenvalue weighted by atomic mass is 19.1. The number of hydrogen-bond acceptors (Lipinski definition) is 7. The molecule has 2 aromatic carbocycles. The van der Waals surface area contributed by atoms with Gasteiger partial charge in [-0.15, -0.1) is 5.10 Å². The molecule has 0 unspecified atom stereocenters. The number of allylic oxidation sites excluding steroid dienone is 2. The number of benzene rings is 2. The van der Waals surface area contributed by atoms with E-state index in [9.17, 15) is 4.39 Å². The second-order valence-electron chi connectivity index (χ2n) is 7.38. The van der Waals surface area contributed by atoms with Crippen LogP contribution in [0.5, 0.6) is 0 Å². The van der Waals surface area contributed by atoms with Gasteiger partial charge in [0.15, 0.2) is 5.69 Å². The summed E-state index contributed by atoms with van der Waals surface area (Å²) in [5, 5.41) is 15.9. The maximum Gasteiger partial charge on any atom is 0.281 e. The molecule has 1 N–H and O–H groups in total. The molecule has 4 aromatic rings. The largest absolute Gasteiger partial charge is 0.384 e. The van der Waals surface area contributed by atoms with Crippen LogP contribution in [0.1, 0.15) is 18.2 Å². The Labute approximate surface area is 183 Å². The Morgan fingerprint density at radius 3 is 2.97 bits per heavy atom. The van der Waals surface area contributed by atoms with Gasteiger partial charge in [0.2, 0.25) is 5.82 Å². The van der Waals surface area contributed by atoms with E-state index in [1.165, 1.54) is 16.3 Å². The maximum atomic E-state index is 14.5. The fourth-order valence-electron chi connectivity index (χ4n) is 3.72. The Morgan fingerprint density at radius 1 is 1.25 bits per heavy atom. The molecule has 32 heavy (non-hydrogen) atoms. The van der Waals surface area contributed by atoms with E-state index in [0.29, 0.717) is 17.2 Å². The van der Waals surface area contributed by atoms with Crippen molar-refractivity contribution in [3.8, 4) is 28.7 Å². The van der Waals surface area contributed by atoms with Crippen molar-refractivity contribution in [1.29, 1.82) is 0 Å². The third-order valence-electron chi connectivity index (χ3n) is 5.30. The molecular formula is C23H20FN7O. The van der Waals surface area contributed by atoms with Gasteiger partial charge >= 0.3 is 0 Å². The summed E-state index contributed by atoms with van der Waals surface area (Å²) >= 11 is 0. The minimum Gasteiger partial charge on any atom is -0.384 e. The summed E-state index contributed by atoms with van der Waals surface area (Å²) in [6.45, 7) is 2.79. The van der Waals surface area contributed by atoms with E-state index in [1.807, 2.05) is 19.1 Å². The van der Waals surface area contributed by atoms with Crippen LogP contribution in [0.2, 0.25) is 0 Å². The predicted molar refractivity (Wildman–Crippen MR) is 120 cm³/mol. The van der Waals surface area contributed by atoms with Crippen molar-refractivity contribution in [3.05, 3.63) is 65.6 Å². The number of rotatable bonds is 5. The lowest BCUT2D eigenvalue weighted by molar-refractivity contribution is 0.431. The standard InChI is InChI=1S/C23H20FN7O/c1-14(9-11-25-2)21-20(28-30-31(21)19-6-4-3-5-17(19)24)23-27-22(29-32-23)16-7-8-18-15(13-16)10-12-26-18/h3-9,11,13,26H,10,12H2,1-2H3/b14-9+,25-11?. The molecule has 0 atom stereocenters. The van der Waals surface area contributed by atoms with Gasteiger partial charge in [-0.3, -0.25) is 4.99 Å². The number of nitrogens with one attached hydrogen (secondary N) is 1. The van der Waals surface area contributed by atoms with Crippen LogP contribution in [0.4, 0.5) is 10.1 Å². The number of nitrogens with zero attached hydrogens (tertiary/aromatic N) is 6. The van der Waals surface area contributed by atoms with E-state index in [1.54, 1.807) is 37.5 Å². The Hall–Kier alpha value is -4.14. The first-order valence-electron chi connectivity index (χ1n) is 10.2. The highest BCUT2D eigenvalue weighted by Gasteiger charge is 2.24. The van der Waals surface area contributed by atoms with Gasteiger partial charge in [-0.1, -0.05) is 22.5 Å². The second-order valence-corrected chi connectivity index (χ2v) is 7.38. The van der Waals surface area contributed by atoms with Crippen LogP contribution in [-0.2, 0) is 6.42 Å². The van der Waals surface area contributed by atoms with E-state index in [2.05, 4.69) is 36.8 Å². The number of anilines is 1. The number of para-hydroxylation sites is 1. The maximum absolute atomic E-state index is 14.5. The van der Waals surface area contributed by atoms with Gasteiger partial charge in [0.25, 0.3) is 5.89 Å². The lowest BCUT2D eigenvalue weighted by Crippen LogP contribution is -2.04. The van der Waals surface area contributed by atoms with Crippen LogP contribution in [0.25, 0.3) is 34.2 Å². The molecule has 3 heterocycles. The lowest BCUT2D eigenvalue weighted by Gasteiger charge is -2.08. The Kier molecular flexibility index (Phi) is 5.06. The normalized spacial score (nSPS) is 13.5. The molecule has 9 heteroatoms. The fourth-order valence-corrected chi connectivity index (χ4v) is 3.72. The van der Waals surface area contributed by atoms with E-state index in [4.69, 9.17) is 4.52 Å². The molecule has 2 aromatic heterocycles. The predicted octanol–water partition coefficient (Wildman–Crippen LogP) is 4.20. The first-order chi connectivity index (χ1) is 15.7. The van der Waals surface area contributed by atoms with Gasteiger partial charge in [-0.05, 0) is 60.9 Å². The van der Waals surface area contributed by atoms with Crippen LogP contribution in [0.3, 0.4) is 0 Å². The number of aromatic nitrogens is 5. The van der Waals surface area contributed by atoms with Crippen molar-refractivity contribution in [2.24, 2.45) is 4.99 Å². The fraction of sp³-hybridized carbons (Fsp3) is 0.174. The van der Waals surface area contributed by atoms with Crippen LogP contribution in [-0.4, -0.2) is 44.9 Å². The van der Waals surface area contributed by atoms with Gasteiger partial charge in [0.05, 0.1) is 0 Å². The average Bonchev–Trinajstić information content (AvgIpc) is 3.56. The van der Waals surface area contributed by atoms with Crippen LogP contribution >= 0.6 is 0 Å². The molecule has 0 fully saturated rings. The van der Waals surface area contributed by atoms with Gasteiger partial charge in [-0.2, -0.15) is 4.98 Å². The van der Waals surface area contributed by atoms with E-state index in [0.717, 1.165) is 29.8 Å². The molecule has 0 spiro atoms. The quantitative estimate of drug-likeness (QED) is 0.478. The number of fused-ring (bicyclic) bond motifs is 1. The highest BCUT2D eigenvalue weighted by Crippen LogP contribution is 2.31. The van der Waals surface area contributed by atoms with Crippen LogP contribution in [0.15, 0.2) is 58.1 Å². The molecule has 160 valence electrons. The van der Waals surface area contributed by atoms with Crippen molar-refractivity contribution in [2.45, 2.75) is 13.3 Å². The average molecular weight is 429 g/mol. The lowest BCUT2D eigenvalue weighted by atomic mass is 10.1. The zero-order valence-electron chi connectivity index (χ0n) is 17.6. The monoisotopic (exact) mass is 429 g/mol. The van der Waals surface area contributed by atoms with Crippen LogP contribution in [0, 0.1) is 5.82 Å². The van der Waals surface area contributed by atoms with E-state index in [-0.39, 0.29) is 11.6 Å². The van der Waals surface area contributed by atoms with Crippen LogP contribution < -0.4 is 5.32 Å². The zero-order valence-corrected chi connectivity index (χ0v) is 17.6. The summed E-state index contributed by atoms with van der Waals surface area (Å²) in [7, 11) is 1.67. The smallest absolute Gasteiger partial charge is 0.281 e. The molecule has 0 saturated heterocycles. The molecule has 0 amide bonds. The van der Waals surface area contributed by atoms with Crippen molar-refractivity contribution in [2.75, 3.05) is 18.9 Å². The van der Waals surface area contributed by atoms with E-state index >= 15 is 0 Å². The van der Waals surface area contributed by atoms with Gasteiger partial charge < -0.3 is 9.84 Å². The Balaban J connectivity index is 1.61. The third kappa shape index (κ3) is 3.47. The molecule has 0 aliphatic carbocycles. The summed E-state index contributed by atoms with van der Waals surface area (Å²) in [6.07, 6.45) is 4.40. The molecule has 1 aliphatic heterocycles. The van der Waals surface area contributed by atoms with Gasteiger partial charge in [0.1, 0.15) is 17.2 Å². The summed E-state index contributed by atoms with van der Waals surface area (Å²) in [5.41, 5.74) is 5.16. The highest BCUT2D eigenvalue weighted by molar-refractivity contribution is 5.86. The van der Waals surface area contributed by atoms with Crippen molar-refractivity contribution < 1.29 is 8.91 Å². The Morgan fingerprint density at radius 2 is 2.12 bits per heavy atom. The SMILES string of the molecule is CN=C/C=C(\C)c1c(-c2nc(-c3ccc4c(c3)CCN4)no2)nnn1-c1ccccc1F. The number of hydrogen-bond donors (Lipinski definition) is 1. The van der Waals surface area contributed by atoms with E-state index < -0.39 is 5.82 Å². The minimum absolute atomic E-state index is 0.206. The molecule has 5 rings (SSSR count). The molecular weight excluding hydrogens is 409 g/mol. The molecule has 8 nitrogen and oxygen atoms in total. The first kappa shape index (κ1) is 19.8. The molecule has 1 aliphatic rings. The Bertz CT molecular complexity index is 1350. The van der Waals surface area contributed by atoms with Crippen molar-refractivity contribution in [1.82, 2.24) is 25.1 Å². The first-order valence-corrected chi connectivity index (χ1v) is 10.2. The summed E-state index contributed by atoms with van der Waals surface area (Å²) in [5.74, 6) is 0.246. The van der Waals surface area contributed by atoms with Gasteiger partial charge in [0, 0.05) is 31.1 Å². The van der Waals surface area contributed by atoms with Crippen molar-refractivity contribution in [3.63, 3.8) is 0 Å². The molecule has 0 radical (unpaired) electrons. The summed E-state index contributed by atoms with van der Waals surface area (Å²) in [4.78, 5) is 8.56. The number of halogens is 1. The van der Waals surface area contributed by atoms with Crippen molar-refractivity contribution >= 4 is 17.5 Å². The zero-order chi connectivity index (χ0) is 22.1. The summed E-state index contributed by atoms with van der Waals surface area (Å²) in [6, 6.07) is 12.4. The number of aliphatic imine (C=N–C) groups is 1. The third-order valence-corrected chi connectivity index (χ3v) is 5.30. The molecule has 0 bridgehead atoms. The summed E-state index contributed by atoms with van der Waals surface area (Å²) < 4.78 is 21.5. The van der Waals surface area contributed by atoms with Gasteiger partial charge in [-0.25, -0.2) is 9.07 Å². The molecule has 0 saturated carbocycles. The minimum atomic E-state index is -0.417. The second kappa shape index (κ2) is 8.18.